The van der Waals surface area contributed by atoms with Crippen LogP contribution in [0.15, 0.2) is 47.4 Å². The number of hydrogen-bond acceptors (Lipinski definition) is 7. The van der Waals surface area contributed by atoms with Crippen molar-refractivity contribution in [1.29, 1.82) is 0 Å². The summed E-state index contributed by atoms with van der Waals surface area (Å²) in [6, 6.07) is 11.9. The van der Waals surface area contributed by atoms with Crippen molar-refractivity contribution in [3.05, 3.63) is 58.1 Å². The Kier molecular flexibility index (Phi) is 8.28. The van der Waals surface area contributed by atoms with Crippen LogP contribution in [0.25, 0.3) is 0 Å². The van der Waals surface area contributed by atoms with Crippen molar-refractivity contribution in [2.75, 3.05) is 45.2 Å². The summed E-state index contributed by atoms with van der Waals surface area (Å²) in [5, 5.41) is 15.0. The number of nitro groups is 1. The van der Waals surface area contributed by atoms with Gasteiger partial charge in [-0.05, 0) is 55.8 Å². The van der Waals surface area contributed by atoms with Gasteiger partial charge in [0.05, 0.1) is 23.0 Å². The zero-order chi connectivity index (χ0) is 24.0. The van der Waals surface area contributed by atoms with Crippen molar-refractivity contribution in [1.82, 2.24) is 9.21 Å². The summed E-state index contributed by atoms with van der Waals surface area (Å²) in [6.45, 7) is 6.45. The number of hydrogen-bond donors (Lipinski definition) is 1. The second-order valence-corrected chi connectivity index (χ2v) is 9.88. The maximum Gasteiger partial charge on any atom is 0.293 e. The first-order chi connectivity index (χ1) is 15.8. The van der Waals surface area contributed by atoms with E-state index >= 15 is 0 Å². The number of nitrogens with one attached hydrogen (secondary N) is 1. The molecule has 10 heteroatoms. The highest BCUT2D eigenvalue weighted by Gasteiger charge is 2.27. The predicted molar refractivity (Wildman–Crippen MR) is 128 cm³/mol. The topological polar surface area (TPSA) is 105 Å². The molecule has 1 N–H and O–H groups in total. The standard InChI is InChI=1S/C23H32N4O5S/c1-4-26(5-2)33(30,31)20-12-13-21(22(16-20)27(28)29)24-17-23(25-14-6-7-15-25)18-8-10-19(32-3)11-9-18/h8-13,16,23-24H,4-7,14-15,17H2,1-3H3. The Morgan fingerprint density at radius 3 is 2.30 bits per heavy atom. The number of ether oxygens (including phenoxy) is 1. The smallest absolute Gasteiger partial charge is 0.293 e. The van der Waals surface area contributed by atoms with Gasteiger partial charge in [-0.2, -0.15) is 4.31 Å². The summed E-state index contributed by atoms with van der Waals surface area (Å²) in [4.78, 5) is 13.5. The van der Waals surface area contributed by atoms with E-state index in [0.717, 1.165) is 43.3 Å². The molecule has 2 aromatic carbocycles. The van der Waals surface area contributed by atoms with Gasteiger partial charge < -0.3 is 10.1 Å². The van der Waals surface area contributed by atoms with Crippen LogP contribution in [0.2, 0.25) is 0 Å². The minimum Gasteiger partial charge on any atom is -0.497 e. The van der Waals surface area contributed by atoms with Gasteiger partial charge in [-0.15, -0.1) is 0 Å². The lowest BCUT2D eigenvalue weighted by Crippen LogP contribution is -2.31. The third kappa shape index (κ3) is 5.63. The predicted octanol–water partition coefficient (Wildman–Crippen LogP) is 3.88. The Hall–Kier alpha value is -2.69. The Morgan fingerprint density at radius 2 is 1.76 bits per heavy atom. The van der Waals surface area contributed by atoms with Crippen molar-refractivity contribution in [3.63, 3.8) is 0 Å². The summed E-state index contributed by atoms with van der Waals surface area (Å²) in [7, 11) is -2.16. The quantitative estimate of drug-likeness (QED) is 0.387. The van der Waals surface area contributed by atoms with E-state index in [9.17, 15) is 18.5 Å². The van der Waals surface area contributed by atoms with Crippen LogP contribution in [-0.2, 0) is 10.0 Å². The van der Waals surface area contributed by atoms with Crippen LogP contribution in [0.3, 0.4) is 0 Å². The number of nitrogens with zero attached hydrogens (tertiary/aromatic N) is 3. The summed E-state index contributed by atoms with van der Waals surface area (Å²) >= 11 is 0. The molecule has 2 aromatic rings. The Bertz CT molecular complexity index is 1050. The molecule has 0 saturated carbocycles. The van der Waals surface area contributed by atoms with Gasteiger partial charge in [0.15, 0.2) is 0 Å². The molecule has 1 fully saturated rings. The molecule has 1 aliphatic rings. The average Bonchev–Trinajstić information content (AvgIpc) is 3.34. The minimum absolute atomic E-state index is 0.0251. The number of sulfonamides is 1. The van der Waals surface area contributed by atoms with E-state index in [-0.39, 0.29) is 16.6 Å². The van der Waals surface area contributed by atoms with Crippen LogP contribution < -0.4 is 10.1 Å². The molecule has 1 heterocycles. The highest BCUT2D eigenvalue weighted by molar-refractivity contribution is 7.89. The number of rotatable bonds is 11. The first-order valence-corrected chi connectivity index (χ1v) is 12.7. The highest BCUT2D eigenvalue weighted by atomic mass is 32.2. The first kappa shape index (κ1) is 24.9. The zero-order valence-corrected chi connectivity index (χ0v) is 20.2. The van der Waals surface area contributed by atoms with E-state index in [4.69, 9.17) is 4.74 Å². The van der Waals surface area contributed by atoms with E-state index < -0.39 is 14.9 Å². The molecule has 1 saturated heterocycles. The van der Waals surface area contributed by atoms with Gasteiger partial charge >= 0.3 is 0 Å². The van der Waals surface area contributed by atoms with Gasteiger partial charge in [-0.1, -0.05) is 26.0 Å². The van der Waals surface area contributed by atoms with Crippen molar-refractivity contribution < 1.29 is 18.1 Å². The summed E-state index contributed by atoms with van der Waals surface area (Å²) in [5.74, 6) is 0.771. The molecule has 1 unspecified atom stereocenters. The Morgan fingerprint density at radius 1 is 1.12 bits per heavy atom. The van der Waals surface area contributed by atoms with Crippen molar-refractivity contribution in [2.45, 2.75) is 37.6 Å². The molecule has 0 spiro atoms. The second kappa shape index (κ2) is 11.0. The molecule has 0 bridgehead atoms. The van der Waals surface area contributed by atoms with Gasteiger partial charge in [-0.25, -0.2) is 8.42 Å². The lowest BCUT2D eigenvalue weighted by Gasteiger charge is -2.28. The summed E-state index contributed by atoms with van der Waals surface area (Å²) in [5.41, 5.74) is 1.14. The van der Waals surface area contributed by atoms with E-state index in [2.05, 4.69) is 10.2 Å². The number of nitro benzene ring substituents is 1. The van der Waals surface area contributed by atoms with Gasteiger partial charge in [0.25, 0.3) is 5.69 Å². The number of likely N-dealkylation sites (tertiary alicyclic amines) is 1. The fourth-order valence-corrected chi connectivity index (χ4v) is 5.71. The summed E-state index contributed by atoms with van der Waals surface area (Å²) < 4.78 is 32.2. The van der Waals surface area contributed by atoms with Crippen LogP contribution in [0.5, 0.6) is 5.75 Å². The number of methoxy groups -OCH3 is 1. The van der Waals surface area contributed by atoms with Crippen LogP contribution in [0, 0.1) is 10.1 Å². The number of benzene rings is 2. The highest BCUT2D eigenvalue weighted by Crippen LogP contribution is 2.32. The third-order valence-corrected chi connectivity index (χ3v) is 8.12. The molecule has 0 radical (unpaired) electrons. The average molecular weight is 477 g/mol. The monoisotopic (exact) mass is 476 g/mol. The van der Waals surface area contributed by atoms with E-state index in [1.54, 1.807) is 21.0 Å². The van der Waals surface area contributed by atoms with Gasteiger partial charge in [0, 0.05) is 25.7 Å². The van der Waals surface area contributed by atoms with Crippen LogP contribution in [0.1, 0.15) is 38.3 Å². The third-order valence-electron chi connectivity index (χ3n) is 6.08. The maximum atomic E-state index is 12.8. The van der Waals surface area contributed by atoms with Gasteiger partial charge in [0.2, 0.25) is 10.0 Å². The fraction of sp³-hybridized carbons (Fsp3) is 0.478. The van der Waals surface area contributed by atoms with Crippen LogP contribution in [-0.4, -0.2) is 62.4 Å². The zero-order valence-electron chi connectivity index (χ0n) is 19.4. The van der Waals surface area contributed by atoms with E-state index in [1.165, 1.54) is 16.4 Å². The minimum atomic E-state index is -3.79. The molecule has 180 valence electrons. The maximum absolute atomic E-state index is 12.8. The molecule has 9 nitrogen and oxygen atoms in total. The van der Waals surface area contributed by atoms with Gasteiger partial charge in [0.1, 0.15) is 11.4 Å². The van der Waals surface area contributed by atoms with Crippen molar-refractivity contribution in [3.8, 4) is 5.75 Å². The molecule has 0 amide bonds. The summed E-state index contributed by atoms with van der Waals surface area (Å²) in [6.07, 6.45) is 2.23. The van der Waals surface area contributed by atoms with E-state index in [0.29, 0.717) is 25.3 Å². The Labute approximate surface area is 195 Å². The molecule has 0 aliphatic carbocycles. The van der Waals surface area contributed by atoms with Crippen LogP contribution in [0.4, 0.5) is 11.4 Å². The molecule has 1 aliphatic heterocycles. The molecule has 0 aromatic heterocycles. The van der Waals surface area contributed by atoms with Crippen LogP contribution >= 0.6 is 0 Å². The van der Waals surface area contributed by atoms with E-state index in [1.807, 2.05) is 24.3 Å². The second-order valence-electron chi connectivity index (χ2n) is 7.94. The molecular formula is C23H32N4O5S. The van der Waals surface area contributed by atoms with Crippen molar-refractivity contribution in [2.24, 2.45) is 0 Å². The molecule has 1 atom stereocenters. The lowest BCUT2D eigenvalue weighted by molar-refractivity contribution is -0.384. The molecule has 3 rings (SSSR count). The molecule has 33 heavy (non-hydrogen) atoms. The first-order valence-electron chi connectivity index (χ1n) is 11.2. The largest absolute Gasteiger partial charge is 0.497 e. The normalized spacial score (nSPS) is 15.5. The fourth-order valence-electron chi connectivity index (χ4n) is 4.23. The van der Waals surface area contributed by atoms with Crippen molar-refractivity contribution >= 4 is 21.4 Å². The SMILES string of the molecule is CCN(CC)S(=O)(=O)c1ccc(NCC(c2ccc(OC)cc2)N2CCCC2)c([N+](=O)[O-])c1. The lowest BCUT2D eigenvalue weighted by atomic mass is 10.0. The van der Waals surface area contributed by atoms with Gasteiger partial charge in [-0.3, -0.25) is 15.0 Å². The number of anilines is 1. The Balaban J connectivity index is 1.87. The molecular weight excluding hydrogens is 444 g/mol.